The van der Waals surface area contributed by atoms with Crippen LogP contribution in [0.1, 0.15) is 29.4 Å². The Labute approximate surface area is 192 Å². The van der Waals surface area contributed by atoms with Crippen LogP contribution in [-0.2, 0) is 11.2 Å². The lowest BCUT2D eigenvalue weighted by Gasteiger charge is -2.18. The molecule has 2 heterocycles. The Hall–Kier alpha value is -4.12. The van der Waals surface area contributed by atoms with Crippen LogP contribution >= 0.6 is 0 Å². The van der Waals surface area contributed by atoms with Gasteiger partial charge in [0.25, 0.3) is 0 Å². The number of H-pyrrole nitrogens is 1. The molecule has 0 fully saturated rings. The maximum atomic E-state index is 12.7. The lowest BCUT2D eigenvalue weighted by Crippen LogP contribution is -2.29. The molecule has 0 aliphatic carbocycles. The molecule has 5 heteroatoms. The largest absolute Gasteiger partial charge is 0.441 e. The fourth-order valence-corrected chi connectivity index (χ4v) is 4.16. The summed E-state index contributed by atoms with van der Waals surface area (Å²) in [5.74, 6) is 1.32. The third-order valence-corrected chi connectivity index (χ3v) is 5.88. The van der Waals surface area contributed by atoms with Crippen molar-refractivity contribution in [2.75, 3.05) is 6.54 Å². The maximum absolute atomic E-state index is 12.7. The zero-order valence-corrected chi connectivity index (χ0v) is 18.2. The standard InChI is InChI=1S/C28H25N3O2/c32-27(15-16-28-31-19-26(33-28)21-11-5-2-6-12-21)30-17-23(20-9-3-1-4-10-20)24-18-29-25-14-8-7-13-22(24)25/h1-14,18-19,23,29H,15-17H2,(H,30,32). The molecule has 33 heavy (non-hydrogen) atoms. The third-order valence-electron chi connectivity index (χ3n) is 5.88. The molecule has 2 aromatic heterocycles. The summed E-state index contributed by atoms with van der Waals surface area (Å²) in [5, 5.41) is 4.30. The highest BCUT2D eigenvalue weighted by Crippen LogP contribution is 2.30. The van der Waals surface area contributed by atoms with Gasteiger partial charge in [-0.25, -0.2) is 4.98 Å². The molecule has 1 amide bonds. The van der Waals surface area contributed by atoms with Crippen LogP contribution in [0.2, 0.25) is 0 Å². The van der Waals surface area contributed by atoms with Crippen molar-refractivity contribution in [2.24, 2.45) is 0 Å². The Kier molecular flexibility index (Phi) is 6.02. The first-order chi connectivity index (χ1) is 16.3. The van der Waals surface area contributed by atoms with Crippen LogP contribution in [0.4, 0.5) is 0 Å². The van der Waals surface area contributed by atoms with Gasteiger partial charge < -0.3 is 14.7 Å². The van der Waals surface area contributed by atoms with Gasteiger partial charge in [-0.3, -0.25) is 4.79 Å². The molecule has 164 valence electrons. The molecule has 0 spiro atoms. The maximum Gasteiger partial charge on any atom is 0.220 e. The molecule has 0 saturated heterocycles. The second kappa shape index (κ2) is 9.57. The first-order valence-electron chi connectivity index (χ1n) is 11.2. The second-order valence-corrected chi connectivity index (χ2v) is 8.04. The number of hydrogen-bond donors (Lipinski definition) is 2. The Morgan fingerprint density at radius 2 is 1.67 bits per heavy atom. The molecule has 1 unspecified atom stereocenters. The van der Waals surface area contributed by atoms with E-state index in [1.54, 1.807) is 6.20 Å². The summed E-state index contributed by atoms with van der Waals surface area (Å²) in [5.41, 5.74) is 4.42. The molecule has 1 atom stereocenters. The minimum absolute atomic E-state index is 0.0183. The summed E-state index contributed by atoms with van der Waals surface area (Å²) in [7, 11) is 0. The number of hydrogen-bond acceptors (Lipinski definition) is 3. The summed E-state index contributed by atoms with van der Waals surface area (Å²) in [6, 6.07) is 28.4. The number of nitrogens with one attached hydrogen (secondary N) is 2. The predicted molar refractivity (Wildman–Crippen MR) is 130 cm³/mol. The van der Waals surface area contributed by atoms with E-state index in [9.17, 15) is 4.79 Å². The number of nitrogens with zero attached hydrogens (tertiary/aromatic N) is 1. The lowest BCUT2D eigenvalue weighted by molar-refractivity contribution is -0.121. The molecule has 0 aliphatic rings. The first kappa shape index (κ1) is 20.8. The van der Waals surface area contributed by atoms with Crippen LogP contribution < -0.4 is 5.32 Å². The van der Waals surface area contributed by atoms with E-state index in [4.69, 9.17) is 4.42 Å². The second-order valence-electron chi connectivity index (χ2n) is 8.04. The third kappa shape index (κ3) is 4.72. The van der Waals surface area contributed by atoms with E-state index in [1.807, 2.05) is 66.9 Å². The Balaban J connectivity index is 1.25. The summed E-state index contributed by atoms with van der Waals surface area (Å²) in [4.78, 5) is 20.4. The van der Waals surface area contributed by atoms with E-state index in [2.05, 4.69) is 39.6 Å². The highest BCUT2D eigenvalue weighted by molar-refractivity contribution is 5.84. The number of amides is 1. The first-order valence-corrected chi connectivity index (χ1v) is 11.2. The Morgan fingerprint density at radius 3 is 2.48 bits per heavy atom. The van der Waals surface area contributed by atoms with Crippen molar-refractivity contribution in [1.29, 1.82) is 0 Å². The highest BCUT2D eigenvalue weighted by atomic mass is 16.4. The van der Waals surface area contributed by atoms with E-state index >= 15 is 0 Å². The number of para-hydroxylation sites is 1. The zero-order valence-electron chi connectivity index (χ0n) is 18.2. The summed E-state index contributed by atoms with van der Waals surface area (Å²) < 4.78 is 5.83. The molecule has 3 aromatic carbocycles. The molecular formula is C28H25N3O2. The number of fused-ring (bicyclic) bond motifs is 1. The van der Waals surface area contributed by atoms with E-state index in [-0.39, 0.29) is 11.8 Å². The smallest absolute Gasteiger partial charge is 0.220 e. The fourth-order valence-electron chi connectivity index (χ4n) is 4.16. The number of aryl methyl sites for hydroxylation is 1. The molecular weight excluding hydrogens is 410 g/mol. The van der Waals surface area contributed by atoms with Crippen molar-refractivity contribution in [2.45, 2.75) is 18.8 Å². The Bertz CT molecular complexity index is 1340. The van der Waals surface area contributed by atoms with Gasteiger partial charge in [-0.15, -0.1) is 0 Å². The number of rotatable bonds is 8. The van der Waals surface area contributed by atoms with E-state index in [0.29, 0.717) is 25.3 Å². The van der Waals surface area contributed by atoms with Crippen molar-refractivity contribution >= 4 is 16.8 Å². The number of carbonyl (C=O) groups is 1. The number of aromatic nitrogens is 2. The summed E-state index contributed by atoms with van der Waals surface area (Å²) in [6.45, 7) is 0.519. The SMILES string of the molecule is O=C(CCc1ncc(-c2ccccc2)o1)NCC(c1ccccc1)c1c[nH]c2ccccc12. The van der Waals surface area contributed by atoms with Gasteiger partial charge in [0.2, 0.25) is 5.91 Å². The van der Waals surface area contributed by atoms with Crippen LogP contribution in [0.15, 0.2) is 102 Å². The molecule has 5 aromatic rings. The van der Waals surface area contributed by atoms with Crippen LogP contribution in [0, 0.1) is 0 Å². The molecule has 2 N–H and O–H groups in total. The molecule has 5 rings (SSSR count). The minimum atomic E-state index is -0.0183. The van der Waals surface area contributed by atoms with E-state index in [0.717, 1.165) is 16.8 Å². The van der Waals surface area contributed by atoms with Gasteiger partial charge in [0, 0.05) is 48.0 Å². The van der Waals surface area contributed by atoms with Gasteiger partial charge in [-0.05, 0) is 17.2 Å². The monoisotopic (exact) mass is 435 g/mol. The predicted octanol–water partition coefficient (Wildman–Crippen LogP) is 5.70. The van der Waals surface area contributed by atoms with Gasteiger partial charge in [0.05, 0.1) is 6.20 Å². The number of benzene rings is 3. The van der Waals surface area contributed by atoms with Crippen LogP contribution in [-0.4, -0.2) is 22.4 Å². The van der Waals surface area contributed by atoms with Crippen molar-refractivity contribution in [1.82, 2.24) is 15.3 Å². The van der Waals surface area contributed by atoms with Crippen molar-refractivity contribution in [3.63, 3.8) is 0 Å². The number of aromatic amines is 1. The van der Waals surface area contributed by atoms with Crippen LogP contribution in [0.25, 0.3) is 22.2 Å². The van der Waals surface area contributed by atoms with Gasteiger partial charge >= 0.3 is 0 Å². The topological polar surface area (TPSA) is 70.9 Å². The van der Waals surface area contributed by atoms with Gasteiger partial charge in [0.1, 0.15) is 0 Å². The molecule has 0 aliphatic heterocycles. The average molecular weight is 436 g/mol. The van der Waals surface area contributed by atoms with Gasteiger partial charge in [-0.1, -0.05) is 78.9 Å². The number of oxazole rings is 1. The minimum Gasteiger partial charge on any atom is -0.441 e. The molecule has 5 nitrogen and oxygen atoms in total. The molecule has 0 bridgehead atoms. The van der Waals surface area contributed by atoms with Crippen LogP contribution in [0.5, 0.6) is 0 Å². The number of carbonyl (C=O) groups excluding carboxylic acids is 1. The van der Waals surface area contributed by atoms with Crippen molar-refractivity contribution in [3.8, 4) is 11.3 Å². The Morgan fingerprint density at radius 1 is 0.939 bits per heavy atom. The van der Waals surface area contributed by atoms with E-state index in [1.165, 1.54) is 16.5 Å². The highest BCUT2D eigenvalue weighted by Gasteiger charge is 2.19. The van der Waals surface area contributed by atoms with Crippen molar-refractivity contribution < 1.29 is 9.21 Å². The molecule has 0 radical (unpaired) electrons. The zero-order chi connectivity index (χ0) is 22.5. The summed E-state index contributed by atoms with van der Waals surface area (Å²) >= 11 is 0. The van der Waals surface area contributed by atoms with Crippen molar-refractivity contribution in [3.05, 3.63) is 114 Å². The molecule has 0 saturated carbocycles. The van der Waals surface area contributed by atoms with Crippen LogP contribution in [0.3, 0.4) is 0 Å². The van der Waals surface area contributed by atoms with Gasteiger partial charge in [0.15, 0.2) is 11.7 Å². The normalized spacial score (nSPS) is 12.0. The average Bonchev–Trinajstić information content (AvgIpc) is 3.52. The lowest BCUT2D eigenvalue weighted by atomic mass is 9.91. The fraction of sp³-hybridized carbons (Fsp3) is 0.143. The summed E-state index contributed by atoms with van der Waals surface area (Å²) in [6.07, 6.45) is 4.54. The quantitative estimate of drug-likeness (QED) is 0.328. The van der Waals surface area contributed by atoms with E-state index < -0.39 is 0 Å². The van der Waals surface area contributed by atoms with Gasteiger partial charge in [-0.2, -0.15) is 0 Å².